The van der Waals surface area contributed by atoms with Gasteiger partial charge in [0.2, 0.25) is 10.0 Å². The van der Waals surface area contributed by atoms with Gasteiger partial charge in [-0.2, -0.15) is 11.8 Å². The van der Waals surface area contributed by atoms with Gasteiger partial charge in [0.15, 0.2) is 0 Å². The molecule has 7 heteroatoms. The molecule has 0 saturated heterocycles. The molecule has 1 rings (SSSR count). The summed E-state index contributed by atoms with van der Waals surface area (Å²) >= 11 is 5.08. The molecule has 1 aromatic carbocycles. The van der Waals surface area contributed by atoms with Crippen LogP contribution in [0.3, 0.4) is 0 Å². The van der Waals surface area contributed by atoms with E-state index in [0.717, 1.165) is 25.0 Å². The van der Waals surface area contributed by atoms with Gasteiger partial charge in [-0.05, 0) is 58.5 Å². The normalized spacial score (nSPS) is 11.8. The molecule has 2 N–H and O–H groups in total. The number of nitrogens with one attached hydrogen (secondary N) is 1. The van der Waals surface area contributed by atoms with E-state index in [9.17, 15) is 8.42 Å². The number of hydrogen-bond acceptors (Lipinski definition) is 4. The zero-order valence-corrected chi connectivity index (χ0v) is 15.4. The molecule has 120 valence electrons. The van der Waals surface area contributed by atoms with Gasteiger partial charge in [0.1, 0.15) is 0 Å². The molecule has 0 heterocycles. The minimum Gasteiger partial charge on any atom is -0.392 e. The molecule has 0 spiro atoms. The molecule has 0 atom stereocenters. The average molecular weight is 396 g/mol. The average Bonchev–Trinajstić information content (AvgIpc) is 2.46. The number of aliphatic hydroxyl groups is 1. The molecule has 0 aromatic heterocycles. The van der Waals surface area contributed by atoms with Crippen LogP contribution in [0, 0.1) is 0 Å². The van der Waals surface area contributed by atoms with Crippen molar-refractivity contribution in [2.24, 2.45) is 0 Å². The molecule has 0 bridgehead atoms. The monoisotopic (exact) mass is 395 g/mol. The molecule has 0 amide bonds. The van der Waals surface area contributed by atoms with Crippen molar-refractivity contribution in [1.29, 1.82) is 0 Å². The highest BCUT2D eigenvalue weighted by atomic mass is 79.9. The smallest absolute Gasteiger partial charge is 0.241 e. The van der Waals surface area contributed by atoms with Crippen molar-refractivity contribution in [3.63, 3.8) is 0 Å². The van der Waals surface area contributed by atoms with E-state index >= 15 is 0 Å². The minimum absolute atomic E-state index is 0.175. The summed E-state index contributed by atoms with van der Waals surface area (Å²) in [7, 11) is -3.53. The van der Waals surface area contributed by atoms with Crippen molar-refractivity contribution in [3.8, 4) is 0 Å². The number of unbranched alkanes of at least 4 members (excludes halogenated alkanes) is 3. The van der Waals surface area contributed by atoms with Crippen LogP contribution in [0.5, 0.6) is 0 Å². The molecule has 0 aliphatic rings. The highest BCUT2D eigenvalue weighted by Crippen LogP contribution is 2.23. The Bertz CT molecular complexity index is 535. The summed E-state index contributed by atoms with van der Waals surface area (Å²) in [5.74, 6) is 1.16. The summed E-state index contributed by atoms with van der Waals surface area (Å²) in [6.07, 6.45) is 6.27. The Morgan fingerprint density at radius 3 is 2.62 bits per heavy atom. The zero-order chi connectivity index (χ0) is 15.7. The summed E-state index contributed by atoms with van der Waals surface area (Å²) < 4.78 is 27.6. The second-order valence-corrected chi connectivity index (χ2v) is 8.30. The van der Waals surface area contributed by atoms with E-state index in [1.54, 1.807) is 12.1 Å². The Morgan fingerprint density at radius 2 is 1.95 bits per heavy atom. The Labute approximate surface area is 139 Å². The number of benzene rings is 1. The van der Waals surface area contributed by atoms with Gasteiger partial charge >= 0.3 is 0 Å². The first-order chi connectivity index (χ1) is 10.0. The second-order valence-electron chi connectivity index (χ2n) is 4.73. The van der Waals surface area contributed by atoms with Crippen LogP contribution in [0.4, 0.5) is 0 Å². The Hall–Kier alpha value is -0.0800. The minimum atomic E-state index is -3.53. The lowest BCUT2D eigenvalue weighted by Gasteiger charge is -2.09. The van der Waals surface area contributed by atoms with Crippen LogP contribution in [-0.2, 0) is 16.6 Å². The zero-order valence-electron chi connectivity index (χ0n) is 12.1. The molecule has 0 aliphatic heterocycles. The number of thioether (sulfide) groups is 1. The van der Waals surface area contributed by atoms with Crippen LogP contribution in [0.25, 0.3) is 0 Å². The van der Waals surface area contributed by atoms with Crippen LogP contribution in [0.15, 0.2) is 27.6 Å². The first-order valence-electron chi connectivity index (χ1n) is 6.89. The fourth-order valence-electron chi connectivity index (χ4n) is 1.86. The predicted molar refractivity (Wildman–Crippen MR) is 92.1 cm³/mol. The predicted octanol–water partition coefficient (Wildman–Crippen LogP) is 3.14. The quantitative estimate of drug-likeness (QED) is 0.597. The molecule has 0 saturated carbocycles. The summed E-state index contributed by atoms with van der Waals surface area (Å²) in [5, 5.41) is 9.10. The number of sulfonamides is 1. The number of halogens is 1. The topological polar surface area (TPSA) is 66.4 Å². The van der Waals surface area contributed by atoms with Crippen LogP contribution >= 0.6 is 27.7 Å². The van der Waals surface area contributed by atoms with E-state index in [1.165, 1.54) is 12.5 Å². The Kier molecular flexibility index (Phi) is 8.89. The number of rotatable bonds is 10. The standard InChI is InChI=1S/C14H22BrNO3S2/c1-20-9-5-3-2-4-8-16-21(18,19)14-10-12(11-17)6-7-13(14)15/h6-7,10,16-17H,2-5,8-9,11H2,1H3. The first-order valence-corrected chi connectivity index (χ1v) is 10.6. The largest absolute Gasteiger partial charge is 0.392 e. The fraction of sp³-hybridized carbons (Fsp3) is 0.571. The molecule has 0 fully saturated rings. The van der Waals surface area contributed by atoms with Crippen molar-refractivity contribution in [2.75, 3.05) is 18.6 Å². The summed E-state index contributed by atoms with van der Waals surface area (Å²) in [4.78, 5) is 0.177. The summed E-state index contributed by atoms with van der Waals surface area (Å²) in [6.45, 7) is 0.267. The maximum Gasteiger partial charge on any atom is 0.241 e. The van der Waals surface area contributed by atoms with Gasteiger partial charge < -0.3 is 5.11 Å². The van der Waals surface area contributed by atoms with Crippen LogP contribution in [-0.4, -0.2) is 32.1 Å². The number of aliphatic hydroxyl groups excluding tert-OH is 1. The van der Waals surface area contributed by atoms with Gasteiger partial charge in [0.05, 0.1) is 11.5 Å². The molecule has 21 heavy (non-hydrogen) atoms. The highest BCUT2D eigenvalue weighted by molar-refractivity contribution is 9.10. The van der Waals surface area contributed by atoms with Crippen molar-refractivity contribution in [1.82, 2.24) is 4.72 Å². The molecular weight excluding hydrogens is 374 g/mol. The van der Waals surface area contributed by atoms with Crippen LogP contribution in [0.2, 0.25) is 0 Å². The van der Waals surface area contributed by atoms with Gasteiger partial charge in [-0.25, -0.2) is 13.1 Å². The van der Waals surface area contributed by atoms with Gasteiger partial charge in [-0.15, -0.1) is 0 Å². The van der Waals surface area contributed by atoms with E-state index in [-0.39, 0.29) is 11.5 Å². The summed E-state index contributed by atoms with van der Waals surface area (Å²) in [6, 6.07) is 4.82. The van der Waals surface area contributed by atoms with Crippen molar-refractivity contribution in [2.45, 2.75) is 37.2 Å². The lowest BCUT2D eigenvalue weighted by molar-refractivity contribution is 0.281. The lowest BCUT2D eigenvalue weighted by Crippen LogP contribution is -2.25. The fourth-order valence-corrected chi connectivity index (χ4v) is 4.44. The SMILES string of the molecule is CSCCCCCCNS(=O)(=O)c1cc(CO)ccc1Br. The first kappa shape index (κ1) is 19.0. The maximum absolute atomic E-state index is 12.2. The van der Waals surface area contributed by atoms with Crippen LogP contribution < -0.4 is 4.72 Å². The summed E-state index contributed by atoms with van der Waals surface area (Å²) in [5.41, 5.74) is 0.579. The lowest BCUT2D eigenvalue weighted by atomic mass is 10.2. The Morgan fingerprint density at radius 1 is 1.24 bits per heavy atom. The molecular formula is C14H22BrNO3S2. The molecule has 0 radical (unpaired) electrons. The third-order valence-corrected chi connectivity index (χ3v) is 6.19. The third kappa shape index (κ3) is 6.69. The maximum atomic E-state index is 12.2. The van der Waals surface area contributed by atoms with Gasteiger partial charge in [0, 0.05) is 11.0 Å². The van der Waals surface area contributed by atoms with E-state index in [2.05, 4.69) is 26.9 Å². The third-order valence-electron chi connectivity index (χ3n) is 3.04. The van der Waals surface area contributed by atoms with E-state index < -0.39 is 10.0 Å². The van der Waals surface area contributed by atoms with Crippen LogP contribution in [0.1, 0.15) is 31.2 Å². The Balaban J connectivity index is 2.50. The van der Waals surface area contributed by atoms with E-state index in [4.69, 9.17) is 5.11 Å². The molecule has 1 aromatic rings. The molecule has 0 aliphatic carbocycles. The van der Waals surface area contributed by atoms with Gasteiger partial charge in [-0.1, -0.05) is 18.9 Å². The molecule has 4 nitrogen and oxygen atoms in total. The number of hydrogen-bond donors (Lipinski definition) is 2. The molecule has 0 unspecified atom stereocenters. The van der Waals surface area contributed by atoms with Crippen molar-refractivity contribution in [3.05, 3.63) is 28.2 Å². The highest BCUT2D eigenvalue weighted by Gasteiger charge is 2.17. The van der Waals surface area contributed by atoms with Crippen molar-refractivity contribution >= 4 is 37.7 Å². The van der Waals surface area contributed by atoms with Gasteiger partial charge in [0.25, 0.3) is 0 Å². The van der Waals surface area contributed by atoms with Crippen molar-refractivity contribution < 1.29 is 13.5 Å². The van der Waals surface area contributed by atoms with Gasteiger partial charge in [-0.3, -0.25) is 0 Å². The van der Waals surface area contributed by atoms with E-state index in [1.807, 2.05) is 11.8 Å². The van der Waals surface area contributed by atoms with E-state index in [0.29, 0.717) is 16.6 Å². The second kappa shape index (κ2) is 9.84.